The number of halogens is 4. The summed E-state index contributed by atoms with van der Waals surface area (Å²) in [7, 11) is 0. The Balaban J connectivity index is 1.49. The lowest BCUT2D eigenvalue weighted by Gasteiger charge is -2.12. The van der Waals surface area contributed by atoms with E-state index < -0.39 is 23.5 Å². The number of nitrogens with zero attached hydrogens (tertiary/aromatic N) is 2. The van der Waals surface area contributed by atoms with Gasteiger partial charge in [-0.15, -0.1) is 0 Å². The summed E-state index contributed by atoms with van der Waals surface area (Å²) in [5.74, 6) is -1.22. The van der Waals surface area contributed by atoms with Crippen molar-refractivity contribution in [1.82, 2.24) is 9.97 Å². The molecule has 0 saturated carbocycles. The van der Waals surface area contributed by atoms with E-state index in [0.29, 0.717) is 5.56 Å². The van der Waals surface area contributed by atoms with Gasteiger partial charge in [0, 0.05) is 23.9 Å². The molecule has 1 N–H and O–H groups in total. The van der Waals surface area contributed by atoms with E-state index in [-0.39, 0.29) is 23.4 Å². The SMILES string of the molecule is CC1=Cc2cc(-c3ccc(CC(=O)Nc4cnc(C)c(C(F)(F)F)c4)c(F)c3)cnc2C1. The Morgan fingerprint density at radius 1 is 1.06 bits per heavy atom. The monoisotopic (exact) mass is 441 g/mol. The van der Waals surface area contributed by atoms with Crippen molar-refractivity contribution >= 4 is 17.7 Å². The van der Waals surface area contributed by atoms with Crippen LogP contribution in [0.2, 0.25) is 0 Å². The van der Waals surface area contributed by atoms with Crippen LogP contribution in [0, 0.1) is 12.7 Å². The minimum atomic E-state index is -4.58. The van der Waals surface area contributed by atoms with Gasteiger partial charge >= 0.3 is 6.18 Å². The Hall–Kier alpha value is -3.55. The van der Waals surface area contributed by atoms with Crippen LogP contribution in [-0.2, 0) is 23.8 Å². The minimum absolute atomic E-state index is 0.0995. The highest BCUT2D eigenvalue weighted by molar-refractivity contribution is 5.92. The number of aryl methyl sites for hydroxylation is 1. The minimum Gasteiger partial charge on any atom is -0.324 e. The zero-order valence-corrected chi connectivity index (χ0v) is 17.3. The first kappa shape index (κ1) is 21.7. The standard InChI is InChI=1S/C24H19F4N3O/c1-13-5-17-7-18(11-30-22(17)6-13)15-3-4-16(21(25)8-15)9-23(32)31-19-10-20(24(26,27)28)14(2)29-12-19/h3-5,7-8,10-12H,6,9H2,1-2H3,(H,31,32). The van der Waals surface area contributed by atoms with Crippen molar-refractivity contribution in [3.8, 4) is 11.1 Å². The number of pyridine rings is 2. The molecule has 0 aliphatic heterocycles. The summed E-state index contributed by atoms with van der Waals surface area (Å²) in [6.07, 6.45) is 0.768. The van der Waals surface area contributed by atoms with Crippen LogP contribution in [0.15, 0.2) is 48.3 Å². The second-order valence-electron chi connectivity index (χ2n) is 7.81. The molecule has 8 heteroatoms. The van der Waals surface area contributed by atoms with Crippen LogP contribution < -0.4 is 5.32 Å². The number of aromatic nitrogens is 2. The van der Waals surface area contributed by atoms with E-state index in [1.54, 1.807) is 12.3 Å². The predicted octanol–water partition coefficient (Wildman–Crippen LogP) is 5.75. The normalized spacial score (nSPS) is 13.0. The van der Waals surface area contributed by atoms with Gasteiger partial charge in [0.1, 0.15) is 5.82 Å². The third-order valence-electron chi connectivity index (χ3n) is 5.27. The Morgan fingerprint density at radius 3 is 2.56 bits per heavy atom. The van der Waals surface area contributed by atoms with E-state index >= 15 is 0 Å². The maximum absolute atomic E-state index is 14.7. The fraction of sp³-hybridized carbons (Fsp3) is 0.208. The first-order valence-corrected chi connectivity index (χ1v) is 9.89. The van der Waals surface area contributed by atoms with Crippen molar-refractivity contribution in [2.45, 2.75) is 32.9 Å². The van der Waals surface area contributed by atoms with Crippen molar-refractivity contribution in [1.29, 1.82) is 0 Å². The number of anilines is 1. The number of allylic oxidation sites excluding steroid dienone is 1. The Labute approximate surface area is 182 Å². The molecule has 2 aromatic heterocycles. The van der Waals surface area contributed by atoms with Gasteiger partial charge in [-0.3, -0.25) is 14.8 Å². The number of carbonyl (C=O) groups is 1. The summed E-state index contributed by atoms with van der Waals surface area (Å²) in [5, 5.41) is 2.35. The number of alkyl halides is 3. The van der Waals surface area contributed by atoms with Crippen LogP contribution in [0.25, 0.3) is 17.2 Å². The second-order valence-corrected chi connectivity index (χ2v) is 7.81. The van der Waals surface area contributed by atoms with Crippen LogP contribution >= 0.6 is 0 Å². The number of carbonyl (C=O) groups excluding carboxylic acids is 1. The van der Waals surface area contributed by atoms with E-state index in [4.69, 9.17) is 0 Å². The summed E-state index contributed by atoms with van der Waals surface area (Å²) in [5.41, 5.74) is 3.50. The molecule has 0 fully saturated rings. The smallest absolute Gasteiger partial charge is 0.324 e. The van der Waals surface area contributed by atoms with Crippen molar-refractivity contribution < 1.29 is 22.4 Å². The molecular formula is C24H19F4N3O. The first-order valence-electron chi connectivity index (χ1n) is 9.89. The molecular weight excluding hydrogens is 422 g/mol. The van der Waals surface area contributed by atoms with Crippen molar-refractivity contribution in [3.63, 3.8) is 0 Å². The Kier molecular flexibility index (Phi) is 5.54. The summed E-state index contributed by atoms with van der Waals surface area (Å²) < 4.78 is 53.7. The van der Waals surface area contributed by atoms with E-state index in [2.05, 4.69) is 15.3 Å². The summed E-state index contributed by atoms with van der Waals surface area (Å²) in [6.45, 7) is 3.26. The highest BCUT2D eigenvalue weighted by Crippen LogP contribution is 2.32. The number of rotatable bonds is 4. The van der Waals surface area contributed by atoms with Gasteiger partial charge in [0.2, 0.25) is 5.91 Å². The molecule has 4 nitrogen and oxygen atoms in total. The van der Waals surface area contributed by atoms with Crippen LogP contribution in [0.1, 0.15) is 35.0 Å². The van der Waals surface area contributed by atoms with E-state index in [1.807, 2.05) is 19.1 Å². The lowest BCUT2D eigenvalue weighted by molar-refractivity contribution is -0.138. The van der Waals surface area contributed by atoms with Gasteiger partial charge in [-0.05, 0) is 48.7 Å². The largest absolute Gasteiger partial charge is 0.418 e. The van der Waals surface area contributed by atoms with Gasteiger partial charge in [0.25, 0.3) is 0 Å². The lowest BCUT2D eigenvalue weighted by Crippen LogP contribution is -2.17. The maximum atomic E-state index is 14.7. The number of hydrogen-bond donors (Lipinski definition) is 1. The van der Waals surface area contributed by atoms with Crippen LogP contribution in [0.4, 0.5) is 23.2 Å². The first-order chi connectivity index (χ1) is 15.1. The molecule has 0 unspecified atom stereocenters. The molecule has 4 rings (SSSR count). The third kappa shape index (κ3) is 4.54. The zero-order valence-electron chi connectivity index (χ0n) is 17.3. The quantitative estimate of drug-likeness (QED) is 0.525. The predicted molar refractivity (Wildman–Crippen MR) is 113 cm³/mol. The molecule has 3 aromatic rings. The summed E-state index contributed by atoms with van der Waals surface area (Å²) in [6, 6.07) is 7.27. The maximum Gasteiger partial charge on any atom is 0.418 e. The molecule has 1 amide bonds. The average molecular weight is 441 g/mol. The molecule has 0 bridgehead atoms. The number of nitrogens with one attached hydrogen (secondary N) is 1. The fourth-order valence-corrected chi connectivity index (χ4v) is 3.66. The van der Waals surface area contributed by atoms with Crippen LogP contribution in [0.5, 0.6) is 0 Å². The van der Waals surface area contributed by atoms with Crippen molar-refractivity contribution in [2.24, 2.45) is 0 Å². The van der Waals surface area contributed by atoms with Crippen molar-refractivity contribution in [3.05, 3.63) is 82.2 Å². The molecule has 1 aliphatic carbocycles. The molecule has 0 atom stereocenters. The van der Waals surface area contributed by atoms with Gasteiger partial charge < -0.3 is 5.32 Å². The molecule has 2 heterocycles. The fourth-order valence-electron chi connectivity index (χ4n) is 3.66. The van der Waals surface area contributed by atoms with Gasteiger partial charge in [-0.2, -0.15) is 13.2 Å². The number of hydrogen-bond acceptors (Lipinski definition) is 3. The number of fused-ring (bicyclic) bond motifs is 1. The summed E-state index contributed by atoms with van der Waals surface area (Å²) in [4.78, 5) is 20.4. The molecule has 32 heavy (non-hydrogen) atoms. The molecule has 1 aromatic carbocycles. The number of amides is 1. The highest BCUT2D eigenvalue weighted by Gasteiger charge is 2.33. The van der Waals surface area contributed by atoms with E-state index in [1.165, 1.54) is 24.6 Å². The topological polar surface area (TPSA) is 54.9 Å². The molecule has 0 saturated heterocycles. The van der Waals surface area contributed by atoms with E-state index in [0.717, 1.165) is 35.5 Å². The number of benzene rings is 1. The van der Waals surface area contributed by atoms with Gasteiger partial charge in [-0.1, -0.05) is 23.8 Å². The van der Waals surface area contributed by atoms with Crippen LogP contribution in [-0.4, -0.2) is 15.9 Å². The molecule has 164 valence electrons. The van der Waals surface area contributed by atoms with Gasteiger partial charge in [0.05, 0.1) is 29.6 Å². The van der Waals surface area contributed by atoms with Gasteiger partial charge in [0.15, 0.2) is 0 Å². The Bertz CT molecular complexity index is 1250. The molecule has 0 radical (unpaired) electrons. The second kappa shape index (κ2) is 8.18. The van der Waals surface area contributed by atoms with Gasteiger partial charge in [-0.25, -0.2) is 4.39 Å². The molecule has 1 aliphatic rings. The van der Waals surface area contributed by atoms with E-state index in [9.17, 15) is 22.4 Å². The average Bonchev–Trinajstić information content (AvgIpc) is 3.09. The van der Waals surface area contributed by atoms with Crippen molar-refractivity contribution in [2.75, 3.05) is 5.32 Å². The zero-order chi connectivity index (χ0) is 23.0. The lowest BCUT2D eigenvalue weighted by atomic mass is 10.0. The third-order valence-corrected chi connectivity index (χ3v) is 5.27. The summed E-state index contributed by atoms with van der Waals surface area (Å²) >= 11 is 0. The van der Waals surface area contributed by atoms with Crippen LogP contribution in [0.3, 0.4) is 0 Å². The molecule has 0 spiro atoms. The Morgan fingerprint density at radius 2 is 1.84 bits per heavy atom. The highest BCUT2D eigenvalue weighted by atomic mass is 19.4.